The summed E-state index contributed by atoms with van der Waals surface area (Å²) < 4.78 is 47.1. The van der Waals surface area contributed by atoms with E-state index in [1.54, 1.807) is 19.2 Å². The van der Waals surface area contributed by atoms with Crippen molar-refractivity contribution in [2.45, 2.75) is 65.1 Å². The fraction of sp³-hybridized carbons (Fsp3) is 0.424. The van der Waals surface area contributed by atoms with Crippen LogP contribution < -0.4 is 8.92 Å². The number of ether oxygens (including phenoxy) is 2. The fourth-order valence-corrected chi connectivity index (χ4v) is 7.83. The number of rotatable bonds is 5. The molecule has 3 aliphatic rings. The number of hydrogen-bond acceptors (Lipinski definition) is 8. The first-order chi connectivity index (χ1) is 21.6. The van der Waals surface area contributed by atoms with Crippen molar-refractivity contribution in [3.05, 3.63) is 81.9 Å². The summed E-state index contributed by atoms with van der Waals surface area (Å²) in [6.07, 6.45) is 1.40. The normalized spacial score (nSPS) is 22.7. The average Bonchev–Trinajstić information content (AvgIpc) is 3.41. The number of carbonyl (C=O) groups is 1. The second-order valence-electron chi connectivity index (χ2n) is 12.0. The smallest absolute Gasteiger partial charge is 0.386 e. The molecule has 1 aromatic heterocycles. The number of nitrogens with zero attached hydrogens (tertiary/aromatic N) is 4. The van der Waals surface area contributed by atoms with Gasteiger partial charge in [0.1, 0.15) is 17.0 Å². The van der Waals surface area contributed by atoms with Crippen LogP contribution in [0.1, 0.15) is 71.5 Å². The van der Waals surface area contributed by atoms with Gasteiger partial charge >= 0.3 is 16.3 Å². The van der Waals surface area contributed by atoms with Crippen molar-refractivity contribution in [3.8, 4) is 11.5 Å². The summed E-state index contributed by atoms with van der Waals surface area (Å²) in [5.41, 5.74) is 6.45. The van der Waals surface area contributed by atoms with Crippen LogP contribution in [0, 0.1) is 19.8 Å². The maximum atomic E-state index is 13.4. The van der Waals surface area contributed by atoms with Gasteiger partial charge in [-0.15, -0.1) is 5.10 Å². The van der Waals surface area contributed by atoms with Crippen LogP contribution in [0.25, 0.3) is 11.0 Å². The highest BCUT2D eigenvalue weighted by Gasteiger charge is 2.37. The molecule has 4 atom stereocenters. The van der Waals surface area contributed by atoms with Gasteiger partial charge in [-0.25, -0.2) is 4.68 Å². The van der Waals surface area contributed by atoms with Crippen LogP contribution in [0.15, 0.2) is 48.5 Å². The van der Waals surface area contributed by atoms with Crippen molar-refractivity contribution in [1.82, 2.24) is 19.3 Å². The Morgan fingerprint density at radius 2 is 1.93 bits per heavy atom. The number of carboxylic acids is 1. The molecule has 12 heteroatoms. The van der Waals surface area contributed by atoms with Gasteiger partial charge in [-0.3, -0.25) is 4.79 Å². The van der Waals surface area contributed by atoms with Crippen molar-refractivity contribution in [3.63, 3.8) is 0 Å². The third-order valence-corrected chi connectivity index (χ3v) is 10.5. The summed E-state index contributed by atoms with van der Waals surface area (Å²) in [6, 6.07) is 14.3. The molecule has 0 aliphatic carbocycles. The highest BCUT2D eigenvalue weighted by Crippen LogP contribution is 2.40. The van der Waals surface area contributed by atoms with E-state index < -0.39 is 28.2 Å². The number of methoxy groups -OCH3 is 1. The summed E-state index contributed by atoms with van der Waals surface area (Å²) in [7, 11) is -2.42. The lowest BCUT2D eigenvalue weighted by Gasteiger charge is -2.33. The lowest BCUT2D eigenvalue weighted by molar-refractivity contribution is -0.137. The molecular weight excluding hydrogens is 596 g/mol. The van der Waals surface area contributed by atoms with Crippen molar-refractivity contribution in [1.29, 1.82) is 0 Å². The molecule has 2 unspecified atom stereocenters. The average molecular weight is 635 g/mol. The van der Waals surface area contributed by atoms with E-state index in [2.05, 4.69) is 10.3 Å². The second-order valence-corrected chi connectivity index (χ2v) is 13.5. The molecule has 0 saturated carbocycles. The number of hydrogen-bond donors (Lipinski definition) is 1. The third-order valence-electron chi connectivity index (χ3n) is 9.12. The van der Waals surface area contributed by atoms with E-state index in [0.29, 0.717) is 31.1 Å². The Bertz CT molecular complexity index is 1860. The largest absolute Gasteiger partial charge is 0.494 e. The van der Waals surface area contributed by atoms with Crippen LogP contribution in [-0.2, 0) is 32.9 Å². The molecule has 0 saturated heterocycles. The Hall–Kier alpha value is -4.00. The van der Waals surface area contributed by atoms with Crippen LogP contribution in [0.2, 0.25) is 0 Å². The van der Waals surface area contributed by atoms with Crippen molar-refractivity contribution >= 4 is 27.3 Å². The van der Waals surface area contributed by atoms with Gasteiger partial charge in [-0.1, -0.05) is 29.5 Å². The first kappa shape index (κ1) is 31.0. The van der Waals surface area contributed by atoms with Crippen molar-refractivity contribution in [2.75, 3.05) is 20.3 Å². The second kappa shape index (κ2) is 12.4. The van der Waals surface area contributed by atoms with E-state index in [1.807, 2.05) is 61.9 Å². The van der Waals surface area contributed by atoms with Crippen LogP contribution in [0.3, 0.4) is 0 Å². The minimum absolute atomic E-state index is 0.108. The molecule has 7 rings (SSSR count). The Labute approximate surface area is 263 Å². The molecule has 45 heavy (non-hydrogen) atoms. The number of aromatic nitrogens is 3. The lowest BCUT2D eigenvalue weighted by atomic mass is 9.83. The minimum atomic E-state index is -4.10. The van der Waals surface area contributed by atoms with Gasteiger partial charge in [0.05, 0.1) is 24.6 Å². The van der Waals surface area contributed by atoms with Gasteiger partial charge in [0, 0.05) is 38.3 Å². The molecule has 0 amide bonds. The first-order valence-corrected chi connectivity index (χ1v) is 16.5. The summed E-state index contributed by atoms with van der Waals surface area (Å²) in [5.74, 6) is -0.317. The van der Waals surface area contributed by atoms with E-state index in [4.69, 9.17) is 13.7 Å². The molecule has 0 spiro atoms. The molecule has 9 bridgehead atoms. The summed E-state index contributed by atoms with van der Waals surface area (Å²) >= 11 is 0. The van der Waals surface area contributed by atoms with Gasteiger partial charge < -0.3 is 18.8 Å². The molecule has 0 radical (unpaired) electrons. The van der Waals surface area contributed by atoms with E-state index >= 15 is 0 Å². The SMILES string of the molecule is COCCC1CCOc2ccc3c(c2)CN([C@H](C)c2cc(ccc2C)[C@@H](CC(=O)O)c2ccc4c(nnn4C1)c2C)S(=O)(=O)O3. The van der Waals surface area contributed by atoms with Gasteiger partial charge in [-0.2, -0.15) is 12.7 Å². The maximum Gasteiger partial charge on any atom is 0.386 e. The minimum Gasteiger partial charge on any atom is -0.494 e. The van der Waals surface area contributed by atoms with Crippen LogP contribution >= 0.6 is 0 Å². The summed E-state index contributed by atoms with van der Waals surface area (Å²) in [5, 5.41) is 19.0. The fourth-order valence-electron chi connectivity index (χ4n) is 6.55. The molecule has 4 heterocycles. The number of fused-ring (bicyclic) bond motifs is 5. The molecule has 238 valence electrons. The van der Waals surface area contributed by atoms with Crippen molar-refractivity contribution in [2.24, 2.45) is 5.92 Å². The molecule has 1 N–H and O–H groups in total. The molecule has 11 nitrogen and oxygen atoms in total. The highest BCUT2D eigenvalue weighted by atomic mass is 32.2. The van der Waals surface area contributed by atoms with E-state index in [0.717, 1.165) is 51.7 Å². The van der Waals surface area contributed by atoms with Gasteiger partial charge in [0.25, 0.3) is 0 Å². The molecule has 3 aromatic carbocycles. The highest BCUT2D eigenvalue weighted by molar-refractivity contribution is 7.84. The molecule has 4 aromatic rings. The monoisotopic (exact) mass is 634 g/mol. The number of aliphatic carboxylic acids is 1. The molecule has 3 aliphatic heterocycles. The lowest BCUT2D eigenvalue weighted by Crippen LogP contribution is -2.39. The predicted octanol–water partition coefficient (Wildman–Crippen LogP) is 5.29. The Morgan fingerprint density at radius 3 is 2.71 bits per heavy atom. The standard InChI is InChI=1S/C33H38N4O7S/c1-20-5-6-24-16-28(20)22(3)37-19-25-15-26(7-10-31(25)44-45(37,40)41)43-14-12-23(11-13-42-4)18-36-30-9-8-27(29(24)17-32(38)39)21(2)33(30)34-35-36/h5-10,15-16,22-23,29H,11-14,17-19H2,1-4H3,(H,38,39)/t22-,23?,29-/m1/s1. The molecule has 0 fully saturated rings. The van der Waals surface area contributed by atoms with Crippen LogP contribution in [-0.4, -0.2) is 59.1 Å². The van der Waals surface area contributed by atoms with Crippen LogP contribution in [0.5, 0.6) is 11.5 Å². The number of aryl methyl sites for hydroxylation is 2. The van der Waals surface area contributed by atoms with E-state index in [1.165, 1.54) is 4.31 Å². The predicted molar refractivity (Wildman–Crippen MR) is 168 cm³/mol. The van der Waals surface area contributed by atoms with Crippen LogP contribution in [0.4, 0.5) is 0 Å². The maximum absolute atomic E-state index is 13.4. The Morgan fingerprint density at radius 1 is 1.11 bits per heavy atom. The Kier molecular flexibility index (Phi) is 8.55. The quantitative estimate of drug-likeness (QED) is 0.311. The molecular formula is C33H38N4O7S. The van der Waals surface area contributed by atoms with Crippen molar-refractivity contribution < 1.29 is 32.0 Å². The zero-order valence-electron chi connectivity index (χ0n) is 25.9. The van der Waals surface area contributed by atoms with Gasteiger partial charge in [0.15, 0.2) is 0 Å². The number of benzene rings is 3. The zero-order valence-corrected chi connectivity index (χ0v) is 26.7. The van der Waals surface area contributed by atoms with Gasteiger partial charge in [0.2, 0.25) is 0 Å². The third kappa shape index (κ3) is 6.14. The van der Waals surface area contributed by atoms with E-state index in [-0.39, 0.29) is 24.6 Å². The Balaban J connectivity index is 1.50. The van der Waals surface area contributed by atoms with Gasteiger partial charge in [-0.05, 0) is 91.6 Å². The summed E-state index contributed by atoms with van der Waals surface area (Å²) in [6.45, 7) is 7.47. The first-order valence-electron chi connectivity index (χ1n) is 15.2. The topological polar surface area (TPSA) is 133 Å². The van der Waals surface area contributed by atoms with E-state index in [9.17, 15) is 18.3 Å². The number of carboxylic acid groups (broad SMARTS) is 1. The summed E-state index contributed by atoms with van der Waals surface area (Å²) in [4.78, 5) is 12.2. The zero-order chi connectivity index (χ0) is 31.9.